The van der Waals surface area contributed by atoms with Crippen molar-refractivity contribution in [3.63, 3.8) is 0 Å². The zero-order chi connectivity index (χ0) is 21.5. The van der Waals surface area contributed by atoms with E-state index in [1.807, 2.05) is 68.4 Å². The van der Waals surface area contributed by atoms with Crippen molar-refractivity contribution >= 4 is 46.6 Å². The van der Waals surface area contributed by atoms with E-state index in [9.17, 15) is 9.59 Å². The predicted octanol–water partition coefficient (Wildman–Crippen LogP) is 5.87. The molecule has 0 fully saturated rings. The van der Waals surface area contributed by atoms with Crippen LogP contribution in [0.1, 0.15) is 16.7 Å². The lowest BCUT2D eigenvalue weighted by atomic mass is 10.1. The van der Waals surface area contributed by atoms with Crippen LogP contribution in [0.15, 0.2) is 71.6 Å². The minimum absolute atomic E-state index is 0.0640. The van der Waals surface area contributed by atoms with Gasteiger partial charge < -0.3 is 10.6 Å². The standard InChI is InChI=1S/C24H23ClN2O2S/c1-16-5-3-8-22(17(16)2)27-24(29)15-30-21-7-4-6-20(14-21)26-23(28)13-18-9-11-19(25)12-10-18/h3-12,14H,13,15H2,1-2H3,(H,26,28)(H,27,29). The molecule has 0 aliphatic carbocycles. The van der Waals surface area contributed by atoms with Crippen LogP contribution >= 0.6 is 23.4 Å². The van der Waals surface area contributed by atoms with Crippen LogP contribution in [0, 0.1) is 13.8 Å². The second kappa shape index (κ2) is 10.3. The van der Waals surface area contributed by atoms with Crippen molar-refractivity contribution in [2.24, 2.45) is 0 Å². The topological polar surface area (TPSA) is 58.2 Å². The van der Waals surface area contributed by atoms with E-state index in [0.29, 0.717) is 10.7 Å². The highest BCUT2D eigenvalue weighted by Gasteiger charge is 2.08. The zero-order valence-electron chi connectivity index (χ0n) is 16.9. The number of carbonyl (C=O) groups excluding carboxylic acids is 2. The normalized spacial score (nSPS) is 10.5. The molecule has 2 amide bonds. The van der Waals surface area contributed by atoms with E-state index in [4.69, 9.17) is 11.6 Å². The van der Waals surface area contributed by atoms with Crippen LogP contribution in [0.25, 0.3) is 0 Å². The number of halogens is 1. The zero-order valence-corrected chi connectivity index (χ0v) is 18.4. The second-order valence-electron chi connectivity index (χ2n) is 6.96. The van der Waals surface area contributed by atoms with E-state index in [2.05, 4.69) is 10.6 Å². The number of hydrogen-bond acceptors (Lipinski definition) is 3. The summed E-state index contributed by atoms with van der Waals surface area (Å²) in [5, 5.41) is 6.51. The molecule has 30 heavy (non-hydrogen) atoms. The van der Waals surface area contributed by atoms with Gasteiger partial charge in [-0.1, -0.05) is 41.9 Å². The smallest absolute Gasteiger partial charge is 0.234 e. The van der Waals surface area contributed by atoms with Gasteiger partial charge in [0.1, 0.15) is 0 Å². The third-order valence-electron chi connectivity index (χ3n) is 4.64. The number of anilines is 2. The maximum Gasteiger partial charge on any atom is 0.234 e. The lowest BCUT2D eigenvalue weighted by Crippen LogP contribution is -2.15. The van der Waals surface area contributed by atoms with Crippen molar-refractivity contribution in [2.45, 2.75) is 25.2 Å². The molecule has 0 saturated heterocycles. The van der Waals surface area contributed by atoms with Gasteiger partial charge in [-0.3, -0.25) is 9.59 Å². The fraction of sp³-hybridized carbons (Fsp3) is 0.167. The number of benzene rings is 3. The van der Waals surface area contributed by atoms with Gasteiger partial charge in [-0.2, -0.15) is 0 Å². The Labute approximate surface area is 186 Å². The van der Waals surface area contributed by atoms with Gasteiger partial charge in [0.05, 0.1) is 12.2 Å². The maximum atomic E-state index is 12.3. The molecular formula is C24H23ClN2O2S. The Morgan fingerprint density at radius 3 is 2.40 bits per heavy atom. The van der Waals surface area contributed by atoms with Gasteiger partial charge >= 0.3 is 0 Å². The average molecular weight is 439 g/mol. The van der Waals surface area contributed by atoms with Crippen LogP contribution in [0.5, 0.6) is 0 Å². The predicted molar refractivity (Wildman–Crippen MR) is 125 cm³/mol. The molecule has 4 nitrogen and oxygen atoms in total. The van der Waals surface area contributed by atoms with E-state index >= 15 is 0 Å². The van der Waals surface area contributed by atoms with E-state index in [-0.39, 0.29) is 24.0 Å². The molecule has 0 saturated carbocycles. The number of rotatable bonds is 7. The highest BCUT2D eigenvalue weighted by molar-refractivity contribution is 8.00. The molecule has 3 aromatic carbocycles. The van der Waals surface area contributed by atoms with Crippen molar-refractivity contribution in [1.29, 1.82) is 0 Å². The van der Waals surface area contributed by atoms with Gasteiger partial charge in [0.2, 0.25) is 11.8 Å². The Balaban J connectivity index is 1.53. The summed E-state index contributed by atoms with van der Waals surface area (Å²) in [6.07, 6.45) is 0.271. The second-order valence-corrected chi connectivity index (χ2v) is 8.45. The Bertz CT molecular complexity index is 1050. The van der Waals surface area contributed by atoms with Crippen molar-refractivity contribution in [3.8, 4) is 0 Å². The largest absolute Gasteiger partial charge is 0.326 e. The number of hydrogen-bond donors (Lipinski definition) is 2. The lowest BCUT2D eigenvalue weighted by Gasteiger charge is -2.11. The number of nitrogens with one attached hydrogen (secondary N) is 2. The first-order valence-electron chi connectivity index (χ1n) is 9.54. The van der Waals surface area contributed by atoms with Gasteiger partial charge in [0.25, 0.3) is 0 Å². The van der Waals surface area contributed by atoms with Crippen LogP contribution < -0.4 is 10.6 Å². The molecule has 0 aliphatic rings. The molecule has 0 spiro atoms. The summed E-state index contributed by atoms with van der Waals surface area (Å²) >= 11 is 7.30. The minimum atomic E-state index is -0.105. The van der Waals surface area contributed by atoms with E-state index in [1.54, 1.807) is 12.1 Å². The summed E-state index contributed by atoms with van der Waals surface area (Å²) in [4.78, 5) is 25.5. The van der Waals surface area contributed by atoms with Gasteiger partial charge in [0, 0.05) is 21.3 Å². The third-order valence-corrected chi connectivity index (χ3v) is 5.89. The van der Waals surface area contributed by atoms with Gasteiger partial charge in [-0.25, -0.2) is 0 Å². The highest BCUT2D eigenvalue weighted by atomic mass is 35.5. The molecule has 3 rings (SSSR count). The Kier molecular flexibility index (Phi) is 7.55. The maximum absolute atomic E-state index is 12.3. The van der Waals surface area contributed by atoms with Gasteiger partial charge in [0.15, 0.2) is 0 Å². The molecule has 0 aromatic heterocycles. The SMILES string of the molecule is Cc1cccc(NC(=O)CSc2cccc(NC(=O)Cc3ccc(Cl)cc3)c2)c1C. The lowest BCUT2D eigenvalue weighted by molar-refractivity contribution is -0.115. The van der Waals surface area contributed by atoms with Crippen LogP contribution in [0.3, 0.4) is 0 Å². The molecule has 6 heteroatoms. The van der Waals surface area contributed by atoms with Crippen LogP contribution in [0.2, 0.25) is 5.02 Å². The monoisotopic (exact) mass is 438 g/mol. The molecule has 0 aliphatic heterocycles. The highest BCUT2D eigenvalue weighted by Crippen LogP contribution is 2.23. The molecule has 3 aromatic rings. The first-order chi connectivity index (χ1) is 14.4. The molecule has 154 valence electrons. The number of carbonyl (C=O) groups is 2. The van der Waals surface area contributed by atoms with Crippen LogP contribution in [-0.4, -0.2) is 17.6 Å². The molecule has 0 radical (unpaired) electrons. The Hall–Kier alpha value is -2.76. The first kappa shape index (κ1) is 21.9. The van der Waals surface area contributed by atoms with Gasteiger partial charge in [-0.05, 0) is 66.9 Å². The van der Waals surface area contributed by atoms with Crippen molar-refractivity contribution < 1.29 is 9.59 Å². The van der Waals surface area contributed by atoms with Gasteiger partial charge in [-0.15, -0.1) is 11.8 Å². The van der Waals surface area contributed by atoms with E-state index < -0.39 is 0 Å². The number of thioether (sulfide) groups is 1. The minimum Gasteiger partial charge on any atom is -0.326 e. The number of aryl methyl sites for hydroxylation is 1. The van der Waals surface area contributed by atoms with E-state index in [1.165, 1.54) is 11.8 Å². The summed E-state index contributed by atoms with van der Waals surface area (Å²) in [7, 11) is 0. The quantitative estimate of drug-likeness (QED) is 0.453. The molecule has 0 heterocycles. The molecule has 0 unspecified atom stereocenters. The fourth-order valence-corrected chi connectivity index (χ4v) is 3.76. The third kappa shape index (κ3) is 6.37. The van der Waals surface area contributed by atoms with Crippen molar-refractivity contribution in [3.05, 3.63) is 88.4 Å². The van der Waals surface area contributed by atoms with Crippen molar-refractivity contribution in [1.82, 2.24) is 0 Å². The number of amides is 2. The van der Waals surface area contributed by atoms with Crippen LogP contribution in [0.4, 0.5) is 11.4 Å². The summed E-state index contributed by atoms with van der Waals surface area (Å²) in [6, 6.07) is 20.6. The first-order valence-corrected chi connectivity index (χ1v) is 10.9. The molecular weight excluding hydrogens is 416 g/mol. The molecule has 0 bridgehead atoms. The summed E-state index contributed by atoms with van der Waals surface area (Å²) in [5.41, 5.74) is 4.65. The Morgan fingerprint density at radius 1 is 0.900 bits per heavy atom. The van der Waals surface area contributed by atoms with E-state index in [0.717, 1.165) is 27.3 Å². The summed E-state index contributed by atoms with van der Waals surface area (Å²) in [5.74, 6) is 0.119. The van der Waals surface area contributed by atoms with Crippen molar-refractivity contribution in [2.75, 3.05) is 16.4 Å². The Morgan fingerprint density at radius 2 is 1.63 bits per heavy atom. The van der Waals surface area contributed by atoms with Crippen LogP contribution in [-0.2, 0) is 16.0 Å². The fourth-order valence-electron chi connectivity index (χ4n) is 2.88. The average Bonchev–Trinajstić information content (AvgIpc) is 2.72. The summed E-state index contributed by atoms with van der Waals surface area (Å²) < 4.78 is 0. The summed E-state index contributed by atoms with van der Waals surface area (Å²) in [6.45, 7) is 4.01. The molecule has 2 N–H and O–H groups in total. The molecule has 0 atom stereocenters.